The van der Waals surface area contributed by atoms with Gasteiger partial charge in [-0.2, -0.15) is 26.3 Å². The second-order valence-electron chi connectivity index (χ2n) is 2.51. The van der Waals surface area contributed by atoms with Crippen LogP contribution < -0.4 is 5.11 Å². The van der Waals surface area contributed by atoms with E-state index in [1.54, 1.807) is 7.11 Å². The molecule has 114 valence electrons. The Hall–Kier alpha value is -1.17. The molecule has 0 saturated carbocycles. The molecule has 0 aromatic heterocycles. The van der Waals surface area contributed by atoms with Crippen LogP contribution in [0.25, 0.3) is 0 Å². The quantitative estimate of drug-likeness (QED) is 0.249. The number of rotatable bonds is 2. The van der Waals surface area contributed by atoms with E-state index >= 15 is 0 Å². The number of hydrogen-bond acceptors (Lipinski definition) is 3. The molecule has 0 spiro atoms. The van der Waals surface area contributed by atoms with Gasteiger partial charge in [0.2, 0.25) is 0 Å². The van der Waals surface area contributed by atoms with E-state index in [4.69, 9.17) is 6.42 Å². The number of hydrogen-bond donors (Lipinski definition) is 0. The van der Waals surface area contributed by atoms with Gasteiger partial charge in [0.25, 0.3) is 5.78 Å². The fourth-order valence-electron chi connectivity index (χ4n) is 0.366. The molecular formula is C9H7CuF6O3. The Morgan fingerprint density at radius 1 is 1.26 bits per heavy atom. The minimum Gasteiger partial charge on any atom is -0.869 e. The van der Waals surface area contributed by atoms with Crippen molar-refractivity contribution in [1.29, 1.82) is 0 Å². The fraction of sp³-hybridized carbons (Fsp3) is 0.444. The summed E-state index contributed by atoms with van der Waals surface area (Å²) < 4.78 is 72.2. The Bertz CT molecular complexity index is 339. The van der Waals surface area contributed by atoms with E-state index in [2.05, 4.69) is 10.7 Å². The van der Waals surface area contributed by atoms with Crippen molar-refractivity contribution >= 4 is 5.78 Å². The first-order valence-electron chi connectivity index (χ1n) is 3.96. The van der Waals surface area contributed by atoms with Crippen LogP contribution in [0.4, 0.5) is 26.3 Å². The van der Waals surface area contributed by atoms with Crippen LogP contribution in [0.3, 0.4) is 0 Å². The predicted octanol–water partition coefficient (Wildman–Crippen LogP) is 1.19. The van der Waals surface area contributed by atoms with E-state index < -0.39 is 30.0 Å². The van der Waals surface area contributed by atoms with Gasteiger partial charge in [-0.15, -0.1) is 6.42 Å². The van der Waals surface area contributed by atoms with Crippen molar-refractivity contribution in [2.45, 2.75) is 12.4 Å². The Kier molecular flexibility index (Phi) is 11.7. The molecule has 0 saturated heterocycles. The monoisotopic (exact) mass is 340 g/mol. The first kappa shape index (κ1) is 23.0. The summed E-state index contributed by atoms with van der Waals surface area (Å²) in [5, 5.41) is 9.82. The van der Waals surface area contributed by atoms with Crippen LogP contribution in [0.2, 0.25) is 0 Å². The number of alkyl halides is 6. The third-order valence-electron chi connectivity index (χ3n) is 1.05. The standard InChI is InChI=1S/C5H2F6O2.C4H6O.Cu/c6-4(7,8)2(12)1-3(13)5(9,10)11;1-3-4-5-2;/h1,12H;1H,4H2,2H3;/q;;+1/p-1/b2-1-;;. The Balaban J connectivity index is -0.000000366. The van der Waals surface area contributed by atoms with Crippen molar-refractivity contribution in [3.05, 3.63) is 11.8 Å². The van der Waals surface area contributed by atoms with Gasteiger partial charge in [-0.05, 0) is 11.8 Å². The Labute approximate surface area is 115 Å². The second kappa shape index (κ2) is 9.72. The molecule has 0 amide bonds. The van der Waals surface area contributed by atoms with Gasteiger partial charge in [-0.3, -0.25) is 4.79 Å². The molecule has 0 atom stereocenters. The number of carbonyl (C=O) groups is 1. The first-order chi connectivity index (χ1) is 7.96. The molecule has 0 aromatic rings. The maximum absolute atomic E-state index is 11.3. The van der Waals surface area contributed by atoms with Crippen LogP contribution in [-0.4, -0.2) is 31.9 Å². The smallest absolute Gasteiger partial charge is 0.869 e. The van der Waals surface area contributed by atoms with E-state index in [9.17, 15) is 36.2 Å². The van der Waals surface area contributed by atoms with Gasteiger partial charge in [0.15, 0.2) is 0 Å². The van der Waals surface area contributed by atoms with Gasteiger partial charge < -0.3 is 9.84 Å². The molecule has 0 N–H and O–H groups in total. The minimum absolute atomic E-state index is 0. The van der Waals surface area contributed by atoms with Crippen molar-refractivity contribution in [1.82, 2.24) is 0 Å². The van der Waals surface area contributed by atoms with Crippen molar-refractivity contribution in [3.8, 4) is 12.3 Å². The van der Waals surface area contributed by atoms with Crippen molar-refractivity contribution in [3.63, 3.8) is 0 Å². The number of terminal acetylenes is 1. The summed E-state index contributed by atoms with van der Waals surface area (Å²) in [7, 11) is 1.57. The first-order valence-corrected chi connectivity index (χ1v) is 3.96. The summed E-state index contributed by atoms with van der Waals surface area (Å²) in [5.74, 6) is -3.35. The van der Waals surface area contributed by atoms with E-state index in [1.807, 2.05) is 0 Å². The SMILES string of the molecule is C#CCOC.O=C(/C=C(\[O-])C(F)(F)F)C(F)(F)F.[Cu+]. The molecule has 0 aliphatic rings. The molecule has 0 aliphatic heterocycles. The van der Waals surface area contributed by atoms with E-state index in [0.29, 0.717) is 6.61 Å². The largest absolute Gasteiger partial charge is 1.00 e. The molecule has 0 bridgehead atoms. The minimum atomic E-state index is -5.46. The van der Waals surface area contributed by atoms with E-state index in [1.165, 1.54) is 0 Å². The number of ketones is 1. The number of carbonyl (C=O) groups excluding carboxylic acids is 1. The zero-order valence-electron chi connectivity index (χ0n) is 9.16. The van der Waals surface area contributed by atoms with Crippen molar-refractivity contribution < 1.29 is 58.0 Å². The molecule has 0 aliphatic carbocycles. The topological polar surface area (TPSA) is 49.4 Å². The predicted molar refractivity (Wildman–Crippen MR) is 45.9 cm³/mol. The average molecular weight is 341 g/mol. The van der Waals surface area contributed by atoms with Crippen molar-refractivity contribution in [2.24, 2.45) is 0 Å². The van der Waals surface area contributed by atoms with Crippen LogP contribution in [0.15, 0.2) is 11.8 Å². The summed E-state index contributed by atoms with van der Waals surface area (Å²) in [6.07, 6.45) is -7.18. The van der Waals surface area contributed by atoms with Crippen molar-refractivity contribution in [2.75, 3.05) is 13.7 Å². The van der Waals surface area contributed by atoms with Gasteiger partial charge in [0.05, 0.1) is 0 Å². The normalized spacial score (nSPS) is 11.6. The molecule has 0 rings (SSSR count). The summed E-state index contributed by atoms with van der Waals surface area (Å²) in [6, 6.07) is 0. The summed E-state index contributed by atoms with van der Waals surface area (Å²) >= 11 is 0. The van der Waals surface area contributed by atoms with Gasteiger partial charge in [-0.25, -0.2) is 0 Å². The Morgan fingerprint density at radius 3 is 1.84 bits per heavy atom. The van der Waals surface area contributed by atoms with Crippen LogP contribution in [-0.2, 0) is 26.6 Å². The molecule has 0 aromatic carbocycles. The molecule has 0 unspecified atom stereocenters. The fourth-order valence-corrected chi connectivity index (χ4v) is 0.366. The zero-order chi connectivity index (χ0) is 15.0. The Morgan fingerprint density at radius 2 is 1.68 bits per heavy atom. The van der Waals surface area contributed by atoms with Crippen LogP contribution >= 0.6 is 0 Å². The van der Waals surface area contributed by atoms with E-state index in [-0.39, 0.29) is 17.1 Å². The third kappa shape index (κ3) is 13.1. The summed E-state index contributed by atoms with van der Waals surface area (Å²) in [4.78, 5) is 9.82. The molecule has 19 heavy (non-hydrogen) atoms. The van der Waals surface area contributed by atoms with Crippen LogP contribution in [0.1, 0.15) is 0 Å². The van der Waals surface area contributed by atoms with Crippen LogP contribution in [0.5, 0.6) is 0 Å². The number of allylic oxidation sites excluding steroid dienone is 2. The molecule has 10 heteroatoms. The number of ether oxygens (including phenoxy) is 1. The zero-order valence-corrected chi connectivity index (χ0v) is 10.1. The molecule has 3 nitrogen and oxygen atoms in total. The maximum Gasteiger partial charge on any atom is 1.00 e. The molecule has 0 radical (unpaired) electrons. The van der Waals surface area contributed by atoms with Gasteiger partial charge >= 0.3 is 29.4 Å². The van der Waals surface area contributed by atoms with E-state index in [0.717, 1.165) is 0 Å². The van der Waals surface area contributed by atoms with Gasteiger partial charge in [0.1, 0.15) is 6.61 Å². The molecular weight excluding hydrogens is 334 g/mol. The number of halogens is 6. The number of methoxy groups -OCH3 is 1. The molecule has 0 heterocycles. The summed E-state index contributed by atoms with van der Waals surface area (Å²) in [5.41, 5.74) is 0. The third-order valence-corrected chi connectivity index (χ3v) is 1.05. The van der Waals surface area contributed by atoms with Crippen LogP contribution in [0, 0.1) is 12.3 Å². The molecule has 0 fully saturated rings. The second-order valence-corrected chi connectivity index (χ2v) is 2.51. The average Bonchev–Trinajstić information content (AvgIpc) is 2.16. The van der Waals surface area contributed by atoms with Gasteiger partial charge in [-0.1, -0.05) is 5.92 Å². The van der Waals surface area contributed by atoms with Gasteiger partial charge in [0, 0.05) is 7.11 Å². The maximum atomic E-state index is 11.3. The summed E-state index contributed by atoms with van der Waals surface area (Å²) in [6.45, 7) is 0.417.